The summed E-state index contributed by atoms with van der Waals surface area (Å²) in [4.78, 5) is 0. The molecule has 2 heteroatoms. The van der Waals surface area contributed by atoms with E-state index < -0.39 is 0 Å². The number of rotatable bonds is 2. The van der Waals surface area contributed by atoms with Gasteiger partial charge in [-0.3, -0.25) is 0 Å². The smallest absolute Gasteiger partial charge is 0.0817 e. The molecule has 0 aromatic heterocycles. The van der Waals surface area contributed by atoms with Crippen LogP contribution in [0.5, 0.6) is 0 Å². The Bertz CT molecular complexity index is 204. The largest absolute Gasteiger partial charge is 0.383 e. The highest BCUT2D eigenvalue weighted by Crippen LogP contribution is 2.68. The van der Waals surface area contributed by atoms with E-state index in [0.29, 0.717) is 12.0 Å². The van der Waals surface area contributed by atoms with E-state index in [1.54, 1.807) is 7.11 Å². The molecule has 0 aliphatic heterocycles. The predicted octanol–water partition coefficient (Wildman–Crippen LogP) is 1.72. The summed E-state index contributed by atoms with van der Waals surface area (Å²) in [5, 5.41) is 8.90. The van der Waals surface area contributed by atoms with Crippen LogP contribution >= 0.6 is 0 Å². The Labute approximate surface area is 67.2 Å². The minimum Gasteiger partial charge on any atom is -0.383 e. The van der Waals surface area contributed by atoms with Crippen LogP contribution in [0.25, 0.3) is 0 Å². The maximum absolute atomic E-state index is 8.90. The molecule has 0 unspecified atom stereocenters. The van der Waals surface area contributed by atoms with Crippen LogP contribution in [0.4, 0.5) is 0 Å². The first-order valence-electron chi connectivity index (χ1n) is 4.15. The normalized spacial score (nSPS) is 29.1. The lowest BCUT2D eigenvalue weighted by Crippen LogP contribution is -2.40. The summed E-state index contributed by atoms with van der Waals surface area (Å²) >= 11 is 0. The summed E-state index contributed by atoms with van der Waals surface area (Å²) in [5.41, 5.74) is 0.500. The van der Waals surface area contributed by atoms with Gasteiger partial charge in [0.25, 0.3) is 0 Å². The van der Waals surface area contributed by atoms with E-state index in [4.69, 9.17) is 10.00 Å². The van der Waals surface area contributed by atoms with Crippen molar-refractivity contribution in [3.63, 3.8) is 0 Å². The van der Waals surface area contributed by atoms with E-state index in [9.17, 15) is 0 Å². The van der Waals surface area contributed by atoms with E-state index in [1.165, 1.54) is 12.8 Å². The first-order chi connectivity index (χ1) is 5.24. The highest BCUT2D eigenvalue weighted by molar-refractivity contribution is 5.18. The second-order valence-corrected chi connectivity index (χ2v) is 4.18. The molecule has 0 N–H and O–H groups in total. The van der Waals surface area contributed by atoms with Crippen molar-refractivity contribution in [2.24, 2.45) is 10.8 Å². The number of hydrogen-bond donors (Lipinski definition) is 0. The Kier molecular flexibility index (Phi) is 1.28. The average molecular weight is 151 g/mol. The van der Waals surface area contributed by atoms with Gasteiger partial charge in [0.2, 0.25) is 0 Å². The molecule has 0 atom stereocenters. The molecular weight excluding hydrogens is 138 g/mol. The third kappa shape index (κ3) is 0.954. The summed E-state index contributed by atoms with van der Waals surface area (Å²) in [5.74, 6) is 0. The SMILES string of the molecule is COCC1(C#N)CC2(CC2)C1. The molecule has 0 aromatic rings. The second-order valence-electron chi connectivity index (χ2n) is 4.18. The minimum absolute atomic E-state index is 0.106. The zero-order chi connectivity index (χ0) is 7.95. The van der Waals surface area contributed by atoms with Gasteiger partial charge in [0.15, 0.2) is 0 Å². The van der Waals surface area contributed by atoms with Crippen molar-refractivity contribution in [1.82, 2.24) is 0 Å². The number of nitrogens with zero attached hydrogens (tertiary/aromatic N) is 1. The van der Waals surface area contributed by atoms with Crippen molar-refractivity contribution < 1.29 is 4.74 Å². The molecule has 2 saturated carbocycles. The van der Waals surface area contributed by atoms with Crippen LogP contribution in [0, 0.1) is 22.2 Å². The van der Waals surface area contributed by atoms with Gasteiger partial charge in [0, 0.05) is 7.11 Å². The third-order valence-electron chi connectivity index (χ3n) is 3.04. The Morgan fingerprint density at radius 3 is 2.45 bits per heavy atom. The lowest BCUT2D eigenvalue weighted by molar-refractivity contribution is 0.00825. The Hall–Kier alpha value is -0.550. The van der Waals surface area contributed by atoms with Crippen LogP contribution in [0.1, 0.15) is 25.7 Å². The van der Waals surface area contributed by atoms with Crippen molar-refractivity contribution in [3.8, 4) is 6.07 Å². The quantitative estimate of drug-likeness (QED) is 0.602. The zero-order valence-electron chi connectivity index (χ0n) is 6.89. The van der Waals surface area contributed by atoms with Crippen LogP contribution in [-0.2, 0) is 4.74 Å². The van der Waals surface area contributed by atoms with Crippen molar-refractivity contribution >= 4 is 0 Å². The van der Waals surface area contributed by atoms with Crippen LogP contribution in [-0.4, -0.2) is 13.7 Å². The summed E-state index contributed by atoms with van der Waals surface area (Å²) in [6.07, 6.45) is 4.87. The molecule has 0 radical (unpaired) electrons. The molecule has 0 heterocycles. The fraction of sp³-hybridized carbons (Fsp3) is 0.889. The van der Waals surface area contributed by atoms with Crippen LogP contribution in [0.3, 0.4) is 0 Å². The molecule has 2 fully saturated rings. The lowest BCUT2D eigenvalue weighted by Gasteiger charge is -2.42. The first-order valence-corrected chi connectivity index (χ1v) is 4.15. The van der Waals surface area contributed by atoms with Gasteiger partial charge in [-0.15, -0.1) is 0 Å². The number of methoxy groups -OCH3 is 1. The Balaban J connectivity index is 1.96. The predicted molar refractivity (Wildman–Crippen MR) is 40.8 cm³/mol. The van der Waals surface area contributed by atoms with Gasteiger partial charge >= 0.3 is 0 Å². The lowest BCUT2D eigenvalue weighted by atomic mass is 9.61. The zero-order valence-corrected chi connectivity index (χ0v) is 6.89. The molecule has 2 nitrogen and oxygen atoms in total. The monoisotopic (exact) mass is 151 g/mol. The highest BCUT2D eigenvalue weighted by Gasteiger charge is 2.61. The van der Waals surface area contributed by atoms with Gasteiger partial charge in [-0.1, -0.05) is 0 Å². The molecule has 0 bridgehead atoms. The van der Waals surface area contributed by atoms with Crippen molar-refractivity contribution in [1.29, 1.82) is 5.26 Å². The highest BCUT2D eigenvalue weighted by atomic mass is 16.5. The first kappa shape index (κ1) is 7.12. The van der Waals surface area contributed by atoms with Gasteiger partial charge in [-0.25, -0.2) is 0 Å². The molecule has 0 aromatic carbocycles. The van der Waals surface area contributed by atoms with Crippen molar-refractivity contribution in [2.45, 2.75) is 25.7 Å². The topological polar surface area (TPSA) is 33.0 Å². The molecule has 60 valence electrons. The number of ether oxygens (including phenoxy) is 1. The average Bonchev–Trinajstić information content (AvgIpc) is 2.67. The minimum atomic E-state index is -0.106. The summed E-state index contributed by atoms with van der Waals surface area (Å²) in [7, 11) is 1.68. The van der Waals surface area contributed by atoms with E-state index in [-0.39, 0.29) is 5.41 Å². The fourth-order valence-corrected chi connectivity index (χ4v) is 2.40. The van der Waals surface area contributed by atoms with E-state index in [2.05, 4.69) is 6.07 Å². The number of hydrogen-bond acceptors (Lipinski definition) is 2. The van der Waals surface area contributed by atoms with Gasteiger partial charge < -0.3 is 4.74 Å². The molecule has 2 aliphatic rings. The molecule has 11 heavy (non-hydrogen) atoms. The molecule has 0 amide bonds. The van der Waals surface area contributed by atoms with Crippen LogP contribution in [0.15, 0.2) is 0 Å². The second kappa shape index (κ2) is 1.98. The Morgan fingerprint density at radius 2 is 2.09 bits per heavy atom. The summed E-state index contributed by atoms with van der Waals surface area (Å²) in [6, 6.07) is 2.39. The maximum Gasteiger partial charge on any atom is 0.0817 e. The summed E-state index contributed by atoms with van der Waals surface area (Å²) < 4.78 is 5.04. The van der Waals surface area contributed by atoms with Crippen LogP contribution in [0.2, 0.25) is 0 Å². The fourth-order valence-electron chi connectivity index (χ4n) is 2.40. The Morgan fingerprint density at radius 1 is 1.45 bits per heavy atom. The van der Waals surface area contributed by atoms with Crippen molar-refractivity contribution in [3.05, 3.63) is 0 Å². The molecule has 1 spiro atoms. The molecular formula is C9H13NO. The molecule has 2 aliphatic carbocycles. The van der Waals surface area contributed by atoms with Gasteiger partial charge in [0.1, 0.15) is 0 Å². The molecule has 0 saturated heterocycles. The number of nitriles is 1. The van der Waals surface area contributed by atoms with Gasteiger partial charge in [0.05, 0.1) is 18.1 Å². The molecule has 2 rings (SSSR count). The van der Waals surface area contributed by atoms with Gasteiger partial charge in [-0.2, -0.15) is 5.26 Å². The maximum atomic E-state index is 8.90. The van der Waals surface area contributed by atoms with E-state index in [0.717, 1.165) is 12.8 Å². The van der Waals surface area contributed by atoms with Crippen molar-refractivity contribution in [2.75, 3.05) is 13.7 Å². The van der Waals surface area contributed by atoms with Crippen LogP contribution < -0.4 is 0 Å². The van der Waals surface area contributed by atoms with E-state index >= 15 is 0 Å². The van der Waals surface area contributed by atoms with E-state index in [1.807, 2.05) is 0 Å². The van der Waals surface area contributed by atoms with Gasteiger partial charge in [-0.05, 0) is 31.1 Å². The standard InChI is InChI=1S/C9H13NO/c1-11-7-9(6-10)4-8(5-9)2-3-8/h2-5,7H2,1H3. The third-order valence-corrected chi connectivity index (χ3v) is 3.04. The summed E-state index contributed by atoms with van der Waals surface area (Å²) in [6.45, 7) is 0.630.